The number of hydrogen-bond donors (Lipinski definition) is 4. The Labute approximate surface area is 392 Å². The molecular formula is C45H73IN6O12. The number of hydrogen-bond acceptors (Lipinski definition) is 12. The minimum absolute atomic E-state index is 0.000100. The van der Waals surface area contributed by atoms with Crippen LogP contribution in [0.4, 0.5) is 0 Å². The Bertz CT molecular complexity index is 1660. The number of likely N-dealkylation sites (tertiary alicyclic amines) is 1. The van der Waals surface area contributed by atoms with Gasteiger partial charge < -0.3 is 44.9 Å². The lowest BCUT2D eigenvalue weighted by Crippen LogP contribution is -2.59. The maximum absolute atomic E-state index is 14.4. The highest BCUT2D eigenvalue weighted by Crippen LogP contribution is 2.30. The third-order valence-corrected chi connectivity index (χ3v) is 12.6. The average Bonchev–Trinajstić information content (AvgIpc) is 3.71. The number of halogens is 1. The molecular weight excluding hydrogens is 943 g/mol. The molecule has 0 saturated carbocycles. The van der Waals surface area contributed by atoms with Crippen LogP contribution in [0.15, 0.2) is 30.3 Å². The van der Waals surface area contributed by atoms with Gasteiger partial charge in [0.2, 0.25) is 23.6 Å². The van der Waals surface area contributed by atoms with E-state index < -0.39 is 85.2 Å². The molecule has 9 atom stereocenters. The number of ether oxygens (including phenoxy) is 3. The van der Waals surface area contributed by atoms with Gasteiger partial charge in [-0.2, -0.15) is 0 Å². The van der Waals surface area contributed by atoms with Crippen LogP contribution in [0.3, 0.4) is 0 Å². The molecule has 64 heavy (non-hydrogen) atoms. The highest BCUT2D eigenvalue weighted by Gasteiger charge is 2.43. The number of esters is 1. The fourth-order valence-electron chi connectivity index (χ4n) is 8.47. The molecule has 1 aliphatic rings. The standard InChI is InChI=1S/C45H73IN6O12/c1-12-29(6)40(49(8)44(60)38(27(2)3)48-43(59)39(28(4)5)50(9)46)34(62-10)24-35(53)52-20-16-19-33(52)41(63-11)30(7)42(58)47-32(23-31-17-14-13-15-18-31)45(61)64-22-21-51(25-36(54)55)26-37(56)57/h13-15,17-18,27-30,32-34,38-41H,12,16,19-26H2,1-11H3,(H,47,58)(H,48,59)(H,54,55)(H,56,57)/t29-,30+,32-,33-,34+,38-,39-,40-,41+/m0/s1. The molecule has 0 radical (unpaired) electrons. The molecule has 0 bridgehead atoms. The number of carbonyl (C=O) groups excluding carboxylic acids is 5. The van der Waals surface area contributed by atoms with Crippen molar-refractivity contribution >= 4 is 64.4 Å². The molecule has 1 saturated heterocycles. The number of nitrogens with zero attached hydrogens (tertiary/aromatic N) is 4. The lowest BCUT2D eigenvalue weighted by atomic mass is 9.89. The molecule has 1 aromatic rings. The first kappa shape index (κ1) is 56.2. The van der Waals surface area contributed by atoms with E-state index in [4.69, 9.17) is 14.2 Å². The van der Waals surface area contributed by atoms with Crippen LogP contribution < -0.4 is 10.6 Å². The van der Waals surface area contributed by atoms with E-state index in [0.29, 0.717) is 25.8 Å². The molecule has 362 valence electrons. The predicted octanol–water partition coefficient (Wildman–Crippen LogP) is 3.10. The second-order valence-corrected chi connectivity index (χ2v) is 19.0. The summed E-state index contributed by atoms with van der Waals surface area (Å²) in [4.78, 5) is 96.6. The number of carbonyl (C=O) groups is 7. The molecule has 1 heterocycles. The van der Waals surface area contributed by atoms with Crippen LogP contribution in [-0.4, -0.2) is 173 Å². The Balaban J connectivity index is 2.30. The second-order valence-electron chi connectivity index (χ2n) is 17.4. The van der Waals surface area contributed by atoms with Crippen LogP contribution in [0.25, 0.3) is 0 Å². The Hall–Kier alpha value is -3.92. The first-order chi connectivity index (χ1) is 30.1. The van der Waals surface area contributed by atoms with Gasteiger partial charge in [-0.15, -0.1) is 0 Å². The van der Waals surface area contributed by atoms with Crippen molar-refractivity contribution in [2.24, 2.45) is 23.7 Å². The molecule has 2 rings (SSSR count). The van der Waals surface area contributed by atoms with E-state index in [9.17, 15) is 43.8 Å². The van der Waals surface area contributed by atoms with E-state index in [1.54, 1.807) is 48.0 Å². The summed E-state index contributed by atoms with van der Waals surface area (Å²) in [6.45, 7) is 12.1. The highest BCUT2D eigenvalue weighted by atomic mass is 127. The summed E-state index contributed by atoms with van der Waals surface area (Å²) in [7, 11) is 6.49. The minimum atomic E-state index is -1.24. The number of nitrogens with one attached hydrogen (secondary N) is 2. The zero-order valence-electron chi connectivity index (χ0n) is 39.5. The van der Waals surface area contributed by atoms with Gasteiger partial charge in [-0.3, -0.25) is 33.7 Å². The summed E-state index contributed by atoms with van der Waals surface area (Å²) in [6, 6.07) is 5.51. The maximum Gasteiger partial charge on any atom is 0.329 e. The molecule has 19 heteroatoms. The number of aliphatic carboxylic acids is 2. The van der Waals surface area contributed by atoms with Gasteiger partial charge in [0.05, 0.1) is 49.7 Å². The minimum Gasteiger partial charge on any atom is -0.480 e. The van der Waals surface area contributed by atoms with Gasteiger partial charge in [-0.25, -0.2) is 7.91 Å². The molecule has 0 aromatic heterocycles. The number of carboxylic acids is 2. The van der Waals surface area contributed by atoms with E-state index >= 15 is 0 Å². The number of carboxylic acid groups (broad SMARTS) is 2. The fraction of sp³-hybridized carbons (Fsp3) is 0.711. The lowest BCUT2D eigenvalue weighted by Gasteiger charge is -2.41. The number of likely N-dealkylation sites (N-methyl/N-ethyl adjacent to an activating group) is 2. The van der Waals surface area contributed by atoms with Gasteiger partial charge in [0.1, 0.15) is 24.7 Å². The average molecular weight is 1020 g/mol. The van der Waals surface area contributed by atoms with E-state index in [1.807, 2.05) is 57.8 Å². The van der Waals surface area contributed by atoms with Crippen molar-refractivity contribution in [2.75, 3.05) is 61.1 Å². The van der Waals surface area contributed by atoms with Crippen molar-refractivity contribution in [3.8, 4) is 0 Å². The van der Waals surface area contributed by atoms with Gasteiger partial charge >= 0.3 is 17.9 Å². The summed E-state index contributed by atoms with van der Waals surface area (Å²) >= 11 is 2.08. The lowest BCUT2D eigenvalue weighted by molar-refractivity contribution is -0.150. The summed E-state index contributed by atoms with van der Waals surface area (Å²) in [5.74, 6) is -5.72. The summed E-state index contributed by atoms with van der Waals surface area (Å²) in [5, 5.41) is 24.2. The van der Waals surface area contributed by atoms with Gasteiger partial charge in [-0.05, 0) is 43.2 Å². The summed E-state index contributed by atoms with van der Waals surface area (Å²) < 4.78 is 19.2. The Morgan fingerprint density at radius 2 is 1.48 bits per heavy atom. The molecule has 0 unspecified atom stereocenters. The van der Waals surface area contributed by atoms with Crippen LogP contribution in [0.5, 0.6) is 0 Å². The van der Waals surface area contributed by atoms with Crippen LogP contribution in [-0.2, 0) is 54.2 Å². The topological polar surface area (TPSA) is 225 Å². The van der Waals surface area contributed by atoms with Crippen LogP contribution in [0.1, 0.15) is 79.7 Å². The molecule has 18 nitrogen and oxygen atoms in total. The molecule has 4 N–H and O–H groups in total. The maximum atomic E-state index is 14.4. The summed E-state index contributed by atoms with van der Waals surface area (Å²) in [5.41, 5.74) is 0.732. The van der Waals surface area contributed by atoms with Gasteiger partial charge in [0.25, 0.3) is 0 Å². The monoisotopic (exact) mass is 1020 g/mol. The van der Waals surface area contributed by atoms with E-state index in [2.05, 4.69) is 33.5 Å². The molecule has 1 fully saturated rings. The predicted molar refractivity (Wildman–Crippen MR) is 248 cm³/mol. The summed E-state index contributed by atoms with van der Waals surface area (Å²) in [6.07, 6.45) is 0.402. The van der Waals surface area contributed by atoms with Crippen molar-refractivity contribution in [3.05, 3.63) is 35.9 Å². The zero-order valence-corrected chi connectivity index (χ0v) is 41.6. The van der Waals surface area contributed by atoms with Gasteiger partial charge in [0.15, 0.2) is 0 Å². The van der Waals surface area contributed by atoms with E-state index in [-0.39, 0.29) is 61.5 Å². The van der Waals surface area contributed by atoms with Crippen molar-refractivity contribution in [2.45, 2.75) is 123 Å². The Kier molecular flexibility index (Phi) is 24.2. The van der Waals surface area contributed by atoms with Crippen molar-refractivity contribution in [3.63, 3.8) is 0 Å². The molecule has 1 aromatic carbocycles. The molecule has 1 aliphatic heterocycles. The number of benzene rings is 1. The zero-order chi connectivity index (χ0) is 48.4. The van der Waals surface area contributed by atoms with Crippen molar-refractivity contribution in [1.82, 2.24) is 28.4 Å². The third-order valence-electron chi connectivity index (χ3n) is 12.0. The number of amides is 4. The van der Waals surface area contributed by atoms with E-state index in [0.717, 1.165) is 10.5 Å². The first-order valence-corrected chi connectivity index (χ1v) is 23.0. The smallest absolute Gasteiger partial charge is 0.329 e. The van der Waals surface area contributed by atoms with Gasteiger partial charge in [0, 0.05) is 63.6 Å². The van der Waals surface area contributed by atoms with Crippen LogP contribution >= 0.6 is 22.9 Å². The van der Waals surface area contributed by atoms with Crippen LogP contribution in [0.2, 0.25) is 0 Å². The fourth-order valence-corrected chi connectivity index (χ4v) is 9.37. The van der Waals surface area contributed by atoms with E-state index in [1.165, 1.54) is 14.2 Å². The number of methoxy groups -OCH3 is 2. The SMILES string of the molecule is CC[C@H](C)[C@@H]([C@@H](CC(=O)N1CCC[C@H]1[C@H](OC)[C@@H](C)C(=O)N[C@@H](Cc1ccccc1)C(=O)OCCN(CC(=O)O)CC(=O)O)OC)N(C)C(=O)[C@@H](NC(=O)[C@H](C(C)C)N(C)I)C(C)C. The molecule has 0 aliphatic carbocycles. The van der Waals surface area contributed by atoms with Crippen molar-refractivity contribution in [1.29, 1.82) is 0 Å². The second kappa shape index (κ2) is 27.5. The first-order valence-electron chi connectivity index (χ1n) is 22.1. The Morgan fingerprint density at radius 3 is 1.98 bits per heavy atom. The van der Waals surface area contributed by atoms with Crippen molar-refractivity contribution < 1.29 is 58.0 Å². The Morgan fingerprint density at radius 1 is 0.875 bits per heavy atom. The highest BCUT2D eigenvalue weighted by molar-refractivity contribution is 14.1. The van der Waals surface area contributed by atoms with Crippen LogP contribution in [0, 0.1) is 23.7 Å². The van der Waals surface area contributed by atoms with Gasteiger partial charge in [-0.1, -0.05) is 85.2 Å². The largest absolute Gasteiger partial charge is 0.480 e. The normalized spacial score (nSPS) is 17.9. The number of rotatable bonds is 28. The molecule has 0 spiro atoms. The third kappa shape index (κ3) is 16.8. The molecule has 4 amide bonds. The quantitative estimate of drug-likeness (QED) is 0.0538.